The van der Waals surface area contributed by atoms with Crippen molar-refractivity contribution < 1.29 is 33.5 Å². The van der Waals surface area contributed by atoms with Crippen LogP contribution in [0, 0.1) is 98.6 Å². The summed E-state index contributed by atoms with van der Waals surface area (Å²) in [5.41, 5.74) is 5.56. The monoisotopic (exact) mass is 1400 g/mol. The fourth-order valence-corrected chi connectivity index (χ4v) is 22.5. The van der Waals surface area contributed by atoms with Gasteiger partial charge in [-0.3, -0.25) is 0 Å². The zero-order valence-corrected chi connectivity index (χ0v) is 68.4. The predicted octanol–water partition coefficient (Wildman–Crippen LogP) is 25.8. The van der Waals surface area contributed by atoms with Crippen molar-refractivity contribution in [2.75, 3.05) is 66.1 Å². The highest BCUT2D eigenvalue weighted by atomic mass is 16.5. The third-order valence-corrected chi connectivity index (χ3v) is 28.6. The van der Waals surface area contributed by atoms with Crippen molar-refractivity contribution in [2.24, 2.45) is 98.6 Å². The number of hydrogen-bond donors (Lipinski definition) is 1. The first kappa shape index (κ1) is 85.9. The Hall–Kier alpha value is -1.32. The summed E-state index contributed by atoms with van der Waals surface area (Å²) in [5, 5.41) is 10.1. The van der Waals surface area contributed by atoms with Crippen LogP contribution in [0.15, 0.2) is 47.6 Å². The Morgan fingerprint density at radius 2 is 0.770 bits per heavy atom. The van der Waals surface area contributed by atoms with Crippen molar-refractivity contribution in [2.45, 2.75) is 378 Å². The first-order valence-corrected chi connectivity index (χ1v) is 44.3. The largest absolute Gasteiger partial charge is 0.388 e. The van der Waals surface area contributed by atoms with E-state index in [2.05, 4.69) is 126 Å². The number of aliphatic hydroxyl groups is 1. The molecule has 0 amide bonds. The van der Waals surface area contributed by atoms with Crippen molar-refractivity contribution in [3.05, 3.63) is 47.6 Å². The normalized spacial score (nSPS) is 32.2. The van der Waals surface area contributed by atoms with Crippen LogP contribution >= 0.6 is 0 Å². The van der Waals surface area contributed by atoms with Crippen LogP contribution in [-0.2, 0) is 28.4 Å². The van der Waals surface area contributed by atoms with Crippen LogP contribution in [0.3, 0.4) is 0 Å². The summed E-state index contributed by atoms with van der Waals surface area (Å²) in [7, 11) is 0. The maximum atomic E-state index is 10.1. The van der Waals surface area contributed by atoms with Gasteiger partial charge in [-0.1, -0.05) is 228 Å². The van der Waals surface area contributed by atoms with Crippen LogP contribution < -0.4 is 0 Å². The van der Waals surface area contributed by atoms with Crippen LogP contribution in [0.4, 0.5) is 0 Å². The Bertz CT molecular complexity index is 2130. The van der Waals surface area contributed by atoms with E-state index in [1.165, 1.54) is 238 Å². The number of hydrogen-bond acceptors (Lipinski definition) is 7. The van der Waals surface area contributed by atoms with E-state index >= 15 is 0 Å². The van der Waals surface area contributed by atoms with Crippen molar-refractivity contribution in [1.29, 1.82) is 0 Å². The zero-order chi connectivity index (χ0) is 71.6. The topological polar surface area (TPSA) is 75.6 Å². The van der Waals surface area contributed by atoms with Crippen molar-refractivity contribution in [3.8, 4) is 0 Å². The van der Waals surface area contributed by atoms with Crippen LogP contribution in [0.1, 0.15) is 360 Å². The van der Waals surface area contributed by atoms with Gasteiger partial charge in [-0.2, -0.15) is 0 Å². The fraction of sp³-hybridized carbons (Fsp3) is 0.914. The molecular weight excluding hydrogens is 1230 g/mol. The maximum absolute atomic E-state index is 10.1. The lowest BCUT2D eigenvalue weighted by molar-refractivity contribution is -0.0642. The summed E-state index contributed by atoms with van der Waals surface area (Å²) in [6.45, 7) is 39.7. The van der Waals surface area contributed by atoms with Gasteiger partial charge in [0, 0.05) is 45.6 Å². The first-order valence-electron chi connectivity index (χ1n) is 44.3. The predicted molar refractivity (Wildman–Crippen MR) is 426 cm³/mol. The quantitative estimate of drug-likeness (QED) is 0.0480. The summed E-state index contributed by atoms with van der Waals surface area (Å²) in [6, 6.07) is 0. The van der Waals surface area contributed by atoms with Gasteiger partial charge in [-0.05, 0) is 272 Å². The summed E-state index contributed by atoms with van der Waals surface area (Å²) >= 11 is 0. The molecule has 0 aromatic rings. The summed E-state index contributed by atoms with van der Waals surface area (Å²) in [6.07, 6.45) is 69.6. The van der Waals surface area contributed by atoms with E-state index in [0.29, 0.717) is 59.6 Å². The minimum Gasteiger partial charge on any atom is -0.388 e. The van der Waals surface area contributed by atoms with E-state index in [1.807, 2.05) is 0 Å². The minimum atomic E-state index is -0.521. The highest BCUT2D eigenvalue weighted by Gasteiger charge is 2.61. The van der Waals surface area contributed by atoms with Crippen LogP contribution in [-0.4, -0.2) is 89.5 Å². The second-order valence-electron chi connectivity index (χ2n) is 37.2. The molecule has 4 unspecified atom stereocenters. The third kappa shape index (κ3) is 26.5. The Morgan fingerprint density at radius 1 is 0.400 bits per heavy atom. The van der Waals surface area contributed by atoms with Gasteiger partial charge in [0.15, 0.2) is 0 Å². The molecule has 100 heavy (non-hydrogen) atoms. The van der Waals surface area contributed by atoms with E-state index < -0.39 is 6.10 Å². The molecule has 1 N–H and O–H groups in total. The minimum absolute atomic E-state index is 0.372. The third-order valence-electron chi connectivity index (χ3n) is 28.6. The highest BCUT2D eigenvalue weighted by Crippen LogP contribution is 2.69. The molecule has 6 fully saturated rings. The Labute approximate surface area is 620 Å². The van der Waals surface area contributed by atoms with E-state index in [9.17, 15) is 5.11 Å². The van der Waals surface area contributed by atoms with Crippen molar-refractivity contribution >= 4 is 0 Å². The summed E-state index contributed by atoms with van der Waals surface area (Å²) in [4.78, 5) is 0. The Kier molecular flexibility index (Phi) is 39.6. The van der Waals surface area contributed by atoms with Gasteiger partial charge in [-0.15, -0.1) is 0 Å². The first-order chi connectivity index (χ1) is 48.4. The maximum Gasteiger partial charge on any atom is 0.101 e. The molecule has 7 heteroatoms. The molecule has 0 radical (unpaired) electrons. The van der Waals surface area contributed by atoms with Crippen LogP contribution in [0.25, 0.3) is 0 Å². The number of unbranched alkanes of at least 4 members (excludes halogenated alkanes) is 16. The molecule has 0 aromatic heterocycles. The Balaban J connectivity index is 0.000000281. The van der Waals surface area contributed by atoms with Crippen LogP contribution in [0.5, 0.6) is 0 Å². The van der Waals surface area contributed by atoms with Gasteiger partial charge >= 0.3 is 0 Å². The number of aliphatic hydroxyl groups excluding tert-OH is 1. The van der Waals surface area contributed by atoms with Gasteiger partial charge in [-0.25, -0.2) is 0 Å². The lowest BCUT2D eigenvalue weighted by Gasteiger charge is -2.58. The molecule has 0 bridgehead atoms. The molecule has 0 heterocycles. The standard InChI is InChI=1S/C47H84O3.C46H82O4/c1-8-9-10-11-12-13-15-18-31-48-35-38(4)36-49-32-19-16-14-17-20-33-50-41-27-29-46(6)40(34-41)23-24-42-44-26-25-43(39(5)22-21-37(2)3)47(44,7)30-28-45(42)46;1-7-8-9-10-11-12-14-17-30-48-34-39(47)35-49-31-18-15-13-16-19-32-50-40-26-28-45(5)38(33-40)22-23-41-43-25-24-42(37(4)21-20-36(2)3)46(43,6)29-27-44(41)45/h12-13,23,37-39,41-45H,8-11,14-22,24-36H2,1-7H3;11-12,22,36-37,39-44,47H,7-10,13-21,23-35H2,1-6H3/b13-12-;12-11-/t38-,39-,41+,42+,43-,44?,45?,46+,47-;37-,39+,40+,41+,42-,43?,44?,45+,46-/m11/s1. The molecule has 0 aliphatic heterocycles. The van der Waals surface area contributed by atoms with Gasteiger partial charge in [0.05, 0.1) is 38.6 Å². The van der Waals surface area contributed by atoms with Gasteiger partial charge in [0.25, 0.3) is 0 Å². The molecule has 6 saturated carbocycles. The molecule has 7 nitrogen and oxygen atoms in total. The smallest absolute Gasteiger partial charge is 0.101 e. The Morgan fingerprint density at radius 3 is 1.17 bits per heavy atom. The van der Waals surface area contributed by atoms with E-state index in [0.717, 1.165) is 149 Å². The van der Waals surface area contributed by atoms with E-state index in [1.54, 1.807) is 11.1 Å². The molecular formula is C93H166O7. The van der Waals surface area contributed by atoms with Gasteiger partial charge in [0.2, 0.25) is 0 Å². The average Bonchev–Trinajstić information content (AvgIpc) is 1.43. The van der Waals surface area contributed by atoms with Crippen molar-refractivity contribution in [1.82, 2.24) is 0 Å². The van der Waals surface area contributed by atoms with Crippen LogP contribution in [0.2, 0.25) is 0 Å². The lowest BCUT2D eigenvalue weighted by atomic mass is 9.47. The number of fused-ring (bicyclic) bond motifs is 10. The molecule has 580 valence electrons. The van der Waals surface area contributed by atoms with E-state index in [-0.39, 0.29) is 0 Å². The SMILES string of the molecule is CCCCC/C=C\CCCOC[C@@H](C)COCCCCCCCO[C@H]1CC[C@@]2(C)C(=CC[C@@H]3C2CC[C@@]2(C)C3CC[C@@H]2[C@H](C)CCC(C)C)C1.CCCCC/C=C\CCCOC[C@H](O)COCCCCCCCO[C@H]1CC[C@@]2(C)C(=CC[C@@H]3C2CC[C@@]2(C)C3CC[C@@H]2[C@H](C)CCC(C)C)C1. The second-order valence-corrected chi connectivity index (χ2v) is 37.2. The van der Waals surface area contributed by atoms with Gasteiger partial charge < -0.3 is 33.5 Å². The average molecular weight is 1400 g/mol. The number of allylic oxidation sites excluding steroid dienone is 6. The fourth-order valence-electron chi connectivity index (χ4n) is 22.5. The zero-order valence-electron chi connectivity index (χ0n) is 68.4. The summed E-state index contributed by atoms with van der Waals surface area (Å²) < 4.78 is 36.2. The van der Waals surface area contributed by atoms with Gasteiger partial charge in [0.1, 0.15) is 6.10 Å². The summed E-state index contributed by atoms with van der Waals surface area (Å²) in [5.74, 6) is 11.4. The molecule has 8 aliphatic carbocycles. The molecule has 8 rings (SSSR count). The second kappa shape index (κ2) is 46.1. The molecule has 0 aromatic carbocycles. The lowest BCUT2D eigenvalue weighted by Crippen LogP contribution is -2.51. The molecule has 0 saturated heterocycles. The highest BCUT2D eigenvalue weighted by molar-refractivity contribution is 5.27. The molecule has 0 spiro atoms. The molecule has 18 atom stereocenters. The number of rotatable bonds is 50. The van der Waals surface area contributed by atoms with E-state index in [4.69, 9.17) is 28.4 Å². The van der Waals surface area contributed by atoms with Crippen molar-refractivity contribution in [3.63, 3.8) is 0 Å². The molecule has 8 aliphatic rings. The number of ether oxygens (including phenoxy) is 6.